The highest BCUT2D eigenvalue weighted by atomic mass is 16.5. The predicted molar refractivity (Wildman–Crippen MR) is 81.8 cm³/mol. The topological polar surface area (TPSA) is 76.4 Å². The summed E-state index contributed by atoms with van der Waals surface area (Å²) in [4.78, 5) is 11.9. The number of ether oxygens (including phenoxy) is 1. The number of nitrogens with one attached hydrogen (secondary N) is 2. The van der Waals surface area contributed by atoms with Gasteiger partial charge in [-0.3, -0.25) is 0 Å². The molecule has 20 heavy (non-hydrogen) atoms. The molecule has 0 saturated carbocycles. The predicted octanol–water partition coefficient (Wildman–Crippen LogP) is 2.64. The normalized spacial score (nSPS) is 13.6. The van der Waals surface area contributed by atoms with E-state index >= 15 is 0 Å². The Hall–Kier alpha value is -1.59. The molecular weight excluding hydrogens is 254 g/mol. The van der Waals surface area contributed by atoms with Crippen molar-refractivity contribution in [2.24, 2.45) is 5.73 Å². The van der Waals surface area contributed by atoms with Crippen LogP contribution in [0.1, 0.15) is 38.3 Å². The van der Waals surface area contributed by atoms with Crippen LogP contribution in [0.4, 0.5) is 10.5 Å². The van der Waals surface area contributed by atoms with E-state index in [4.69, 9.17) is 10.5 Å². The number of urea groups is 1. The van der Waals surface area contributed by atoms with Crippen molar-refractivity contribution in [3.05, 3.63) is 29.8 Å². The van der Waals surface area contributed by atoms with E-state index in [1.807, 2.05) is 31.2 Å². The van der Waals surface area contributed by atoms with Gasteiger partial charge in [-0.2, -0.15) is 0 Å². The summed E-state index contributed by atoms with van der Waals surface area (Å²) < 4.78 is 5.09. The molecule has 1 rings (SSSR count). The Morgan fingerprint density at radius 1 is 1.35 bits per heavy atom. The number of nitrogens with two attached hydrogens (primary N) is 1. The Balaban J connectivity index is 2.52. The maximum atomic E-state index is 11.9. The number of carbonyl (C=O) groups is 1. The third-order valence-electron chi connectivity index (χ3n) is 3.03. The monoisotopic (exact) mass is 279 g/mol. The lowest BCUT2D eigenvalue weighted by Gasteiger charge is -2.17. The van der Waals surface area contributed by atoms with Crippen molar-refractivity contribution in [2.75, 3.05) is 19.0 Å². The zero-order chi connectivity index (χ0) is 15.0. The van der Waals surface area contributed by atoms with E-state index in [0.29, 0.717) is 6.61 Å². The summed E-state index contributed by atoms with van der Waals surface area (Å²) in [6, 6.07) is 7.35. The Kier molecular flexibility index (Phi) is 7.04. The van der Waals surface area contributed by atoms with E-state index in [0.717, 1.165) is 24.1 Å². The van der Waals surface area contributed by atoms with Crippen LogP contribution in [0.25, 0.3) is 0 Å². The molecule has 2 amide bonds. The van der Waals surface area contributed by atoms with E-state index in [-0.39, 0.29) is 18.1 Å². The molecule has 0 aliphatic heterocycles. The van der Waals surface area contributed by atoms with E-state index < -0.39 is 0 Å². The molecule has 2 unspecified atom stereocenters. The van der Waals surface area contributed by atoms with Gasteiger partial charge in [-0.1, -0.05) is 25.5 Å². The maximum absolute atomic E-state index is 11.9. The zero-order valence-corrected chi connectivity index (χ0v) is 12.5. The van der Waals surface area contributed by atoms with Crippen LogP contribution in [0.2, 0.25) is 0 Å². The van der Waals surface area contributed by atoms with Gasteiger partial charge < -0.3 is 21.1 Å². The molecule has 0 spiro atoms. The summed E-state index contributed by atoms with van der Waals surface area (Å²) in [6.45, 7) is 4.52. The van der Waals surface area contributed by atoms with Gasteiger partial charge in [-0.25, -0.2) is 4.79 Å². The fraction of sp³-hybridized carbons (Fsp3) is 0.533. The summed E-state index contributed by atoms with van der Waals surface area (Å²) in [6.07, 6.45) is 1.89. The second kappa shape index (κ2) is 8.55. The van der Waals surface area contributed by atoms with E-state index in [9.17, 15) is 4.79 Å². The summed E-state index contributed by atoms with van der Waals surface area (Å²) in [5.41, 5.74) is 7.57. The summed E-state index contributed by atoms with van der Waals surface area (Å²) in [5, 5.41) is 5.71. The first kappa shape index (κ1) is 16.5. The van der Waals surface area contributed by atoms with Gasteiger partial charge in [0, 0.05) is 18.8 Å². The quantitative estimate of drug-likeness (QED) is 0.718. The number of hydrogen-bond donors (Lipinski definition) is 3. The molecule has 0 fully saturated rings. The Labute approximate surface area is 120 Å². The van der Waals surface area contributed by atoms with E-state index in [1.165, 1.54) is 0 Å². The van der Waals surface area contributed by atoms with Crippen LogP contribution in [-0.2, 0) is 4.74 Å². The van der Waals surface area contributed by atoms with Gasteiger partial charge in [0.05, 0.1) is 12.6 Å². The molecule has 2 atom stereocenters. The van der Waals surface area contributed by atoms with Crippen LogP contribution < -0.4 is 16.4 Å². The molecular formula is C15H25N3O2. The Morgan fingerprint density at radius 2 is 2.00 bits per heavy atom. The molecule has 0 radical (unpaired) electrons. The van der Waals surface area contributed by atoms with Crippen LogP contribution >= 0.6 is 0 Å². The van der Waals surface area contributed by atoms with Crippen LogP contribution in [0.15, 0.2) is 24.3 Å². The van der Waals surface area contributed by atoms with Crippen LogP contribution in [0.5, 0.6) is 0 Å². The lowest BCUT2D eigenvalue weighted by molar-refractivity contribution is 0.163. The number of benzene rings is 1. The number of amides is 2. The van der Waals surface area contributed by atoms with Crippen LogP contribution in [0, 0.1) is 0 Å². The second-order valence-electron chi connectivity index (χ2n) is 4.95. The molecule has 0 bridgehead atoms. The molecule has 0 aliphatic rings. The Bertz CT molecular complexity index is 398. The average molecular weight is 279 g/mol. The summed E-state index contributed by atoms with van der Waals surface area (Å²) >= 11 is 0. The summed E-state index contributed by atoms with van der Waals surface area (Å²) in [5.74, 6) is 0. The molecule has 5 nitrogen and oxygen atoms in total. The molecule has 0 saturated heterocycles. The fourth-order valence-electron chi connectivity index (χ4n) is 1.97. The van der Waals surface area contributed by atoms with Crippen molar-refractivity contribution in [1.29, 1.82) is 0 Å². The van der Waals surface area contributed by atoms with Gasteiger partial charge in [0.2, 0.25) is 0 Å². The highest BCUT2D eigenvalue weighted by molar-refractivity contribution is 5.89. The number of hydrogen-bond acceptors (Lipinski definition) is 3. The lowest BCUT2D eigenvalue weighted by atomic mass is 10.1. The van der Waals surface area contributed by atoms with Crippen molar-refractivity contribution in [2.45, 2.75) is 38.8 Å². The zero-order valence-electron chi connectivity index (χ0n) is 12.5. The molecule has 0 aliphatic carbocycles. The molecule has 0 aromatic heterocycles. The Morgan fingerprint density at radius 3 is 2.50 bits per heavy atom. The first-order valence-electron chi connectivity index (χ1n) is 6.98. The number of methoxy groups -OCH3 is 1. The van der Waals surface area contributed by atoms with Gasteiger partial charge in [0.15, 0.2) is 0 Å². The SMILES string of the molecule is CCCC(COC)NC(=O)Nc1ccc(C(C)N)cc1. The van der Waals surface area contributed by atoms with Gasteiger partial charge in [0.1, 0.15) is 0 Å². The fourth-order valence-corrected chi connectivity index (χ4v) is 1.97. The molecule has 4 N–H and O–H groups in total. The largest absolute Gasteiger partial charge is 0.383 e. The van der Waals surface area contributed by atoms with Gasteiger partial charge in [-0.05, 0) is 31.0 Å². The number of anilines is 1. The maximum Gasteiger partial charge on any atom is 0.319 e. The van der Waals surface area contributed by atoms with E-state index in [1.54, 1.807) is 7.11 Å². The molecule has 112 valence electrons. The molecule has 1 aromatic rings. The summed E-state index contributed by atoms with van der Waals surface area (Å²) in [7, 11) is 1.63. The highest BCUT2D eigenvalue weighted by Crippen LogP contribution is 2.14. The number of carbonyl (C=O) groups excluding carboxylic acids is 1. The van der Waals surface area contributed by atoms with Crippen molar-refractivity contribution < 1.29 is 9.53 Å². The standard InChI is InChI=1S/C15H25N3O2/c1-4-5-14(10-20-3)18-15(19)17-13-8-6-12(7-9-13)11(2)16/h6-9,11,14H,4-5,10,16H2,1-3H3,(H2,17,18,19). The first-order chi connectivity index (χ1) is 9.56. The number of rotatable bonds is 7. The van der Waals surface area contributed by atoms with Gasteiger partial charge >= 0.3 is 6.03 Å². The van der Waals surface area contributed by atoms with Crippen molar-refractivity contribution in [3.63, 3.8) is 0 Å². The average Bonchev–Trinajstić information content (AvgIpc) is 2.39. The second-order valence-corrected chi connectivity index (χ2v) is 4.95. The molecule has 5 heteroatoms. The lowest BCUT2D eigenvalue weighted by Crippen LogP contribution is -2.40. The minimum Gasteiger partial charge on any atom is -0.383 e. The van der Waals surface area contributed by atoms with Crippen molar-refractivity contribution in [1.82, 2.24) is 5.32 Å². The van der Waals surface area contributed by atoms with E-state index in [2.05, 4.69) is 17.6 Å². The smallest absolute Gasteiger partial charge is 0.319 e. The molecule has 0 heterocycles. The minimum absolute atomic E-state index is 0.00601. The van der Waals surface area contributed by atoms with Crippen molar-refractivity contribution in [3.8, 4) is 0 Å². The van der Waals surface area contributed by atoms with Gasteiger partial charge in [0.25, 0.3) is 0 Å². The third kappa shape index (κ3) is 5.59. The van der Waals surface area contributed by atoms with Gasteiger partial charge in [-0.15, -0.1) is 0 Å². The third-order valence-corrected chi connectivity index (χ3v) is 3.03. The van der Waals surface area contributed by atoms with Crippen LogP contribution in [0.3, 0.4) is 0 Å². The molecule has 1 aromatic carbocycles. The first-order valence-corrected chi connectivity index (χ1v) is 6.98. The minimum atomic E-state index is -0.214. The van der Waals surface area contributed by atoms with Crippen LogP contribution in [-0.4, -0.2) is 25.8 Å². The van der Waals surface area contributed by atoms with Crippen molar-refractivity contribution >= 4 is 11.7 Å². The highest BCUT2D eigenvalue weighted by Gasteiger charge is 2.11.